The number of ether oxygens (including phenoxy) is 1. The zero-order chi connectivity index (χ0) is 17.4. The van der Waals surface area contributed by atoms with Crippen LogP contribution >= 0.6 is 0 Å². The maximum absolute atomic E-state index is 12.2. The highest BCUT2D eigenvalue weighted by Crippen LogP contribution is 2.22. The van der Waals surface area contributed by atoms with Gasteiger partial charge in [-0.25, -0.2) is 4.79 Å². The molecule has 1 saturated heterocycles. The summed E-state index contributed by atoms with van der Waals surface area (Å²) in [5.41, 5.74) is 0. The average Bonchev–Trinajstić information content (AvgIpc) is 3.26. The number of carboxylic acids is 1. The Bertz CT molecular complexity index is 426. The summed E-state index contributed by atoms with van der Waals surface area (Å²) in [4.78, 5) is 34.8. The summed E-state index contributed by atoms with van der Waals surface area (Å²) in [7, 11) is 0. The first kappa shape index (κ1) is 19.4. The second-order valence-electron chi connectivity index (χ2n) is 6.08. The minimum Gasteiger partial charge on any atom is -0.479 e. The molecule has 132 valence electrons. The van der Waals surface area contributed by atoms with Gasteiger partial charge in [-0.1, -0.05) is 13.8 Å². The number of carbonyl (C=O) groups is 3. The summed E-state index contributed by atoms with van der Waals surface area (Å²) in [5, 5.41) is 22.8. The van der Waals surface area contributed by atoms with E-state index in [-0.39, 0.29) is 18.4 Å². The highest BCUT2D eigenvalue weighted by molar-refractivity contribution is 5.95. The van der Waals surface area contributed by atoms with Crippen LogP contribution < -0.4 is 10.6 Å². The van der Waals surface area contributed by atoms with Gasteiger partial charge in [0.2, 0.25) is 5.91 Å². The number of amides is 2. The van der Waals surface area contributed by atoms with E-state index >= 15 is 0 Å². The maximum Gasteiger partial charge on any atom is 0.336 e. The van der Waals surface area contributed by atoms with E-state index < -0.39 is 30.1 Å². The lowest BCUT2D eigenvalue weighted by atomic mass is 10.0. The molecule has 23 heavy (non-hydrogen) atoms. The van der Waals surface area contributed by atoms with Crippen LogP contribution in [0.2, 0.25) is 0 Å². The van der Waals surface area contributed by atoms with Gasteiger partial charge >= 0.3 is 5.97 Å². The Balaban J connectivity index is 2.43. The van der Waals surface area contributed by atoms with Gasteiger partial charge in [0, 0.05) is 13.2 Å². The number of epoxide rings is 1. The third kappa shape index (κ3) is 6.96. The number of unbranched alkanes of at least 4 members (excludes halogenated alkanes) is 2. The fraction of sp³-hybridized carbons (Fsp3) is 0.800. The SMILES string of the molecule is CC(C)C[C@@H](NC(=O)[C@H]1O[C@@H]1C(=O)O)C(=O)NCCCCCO. The molecule has 0 aliphatic carbocycles. The van der Waals surface area contributed by atoms with Gasteiger partial charge in [-0.2, -0.15) is 0 Å². The van der Waals surface area contributed by atoms with Gasteiger partial charge in [-0.15, -0.1) is 0 Å². The maximum atomic E-state index is 12.2. The van der Waals surface area contributed by atoms with Crippen LogP contribution in [-0.4, -0.2) is 59.4 Å². The highest BCUT2D eigenvalue weighted by Gasteiger charge is 2.51. The van der Waals surface area contributed by atoms with Crippen LogP contribution in [0.15, 0.2) is 0 Å². The van der Waals surface area contributed by atoms with E-state index in [1.807, 2.05) is 13.8 Å². The Labute approximate surface area is 135 Å². The van der Waals surface area contributed by atoms with Crippen molar-refractivity contribution in [2.75, 3.05) is 13.2 Å². The van der Waals surface area contributed by atoms with E-state index in [2.05, 4.69) is 10.6 Å². The molecule has 0 aromatic heterocycles. The molecule has 0 saturated carbocycles. The van der Waals surface area contributed by atoms with E-state index in [9.17, 15) is 14.4 Å². The molecular weight excluding hydrogens is 304 g/mol. The van der Waals surface area contributed by atoms with Crippen LogP contribution in [0, 0.1) is 5.92 Å². The summed E-state index contributed by atoms with van der Waals surface area (Å²) in [6, 6.07) is -0.709. The molecule has 0 unspecified atom stereocenters. The molecule has 0 spiro atoms. The van der Waals surface area contributed by atoms with Crippen LogP contribution in [0.4, 0.5) is 0 Å². The van der Waals surface area contributed by atoms with Gasteiger partial charge in [0.25, 0.3) is 5.91 Å². The Morgan fingerprint density at radius 2 is 1.83 bits per heavy atom. The average molecular weight is 330 g/mol. The van der Waals surface area contributed by atoms with Crippen molar-refractivity contribution in [3.63, 3.8) is 0 Å². The molecule has 0 aromatic carbocycles. The third-order valence-electron chi connectivity index (χ3n) is 3.47. The first-order chi connectivity index (χ1) is 10.9. The summed E-state index contributed by atoms with van der Waals surface area (Å²) in [6.07, 6.45) is 0.585. The molecule has 1 aliphatic rings. The molecule has 1 fully saturated rings. The monoisotopic (exact) mass is 330 g/mol. The topological polar surface area (TPSA) is 128 Å². The molecule has 3 atom stereocenters. The molecule has 0 radical (unpaired) electrons. The second kappa shape index (κ2) is 9.46. The van der Waals surface area contributed by atoms with Gasteiger partial charge in [0.1, 0.15) is 6.04 Å². The number of aliphatic carboxylic acids is 1. The largest absolute Gasteiger partial charge is 0.479 e. The quantitative estimate of drug-likeness (QED) is 0.303. The number of carboxylic acid groups (broad SMARTS) is 1. The number of aliphatic hydroxyl groups excluding tert-OH is 1. The number of aliphatic hydroxyl groups is 1. The van der Waals surface area contributed by atoms with Gasteiger partial charge < -0.3 is 25.6 Å². The van der Waals surface area contributed by atoms with Crippen molar-refractivity contribution in [1.29, 1.82) is 0 Å². The van der Waals surface area contributed by atoms with Crippen LogP contribution in [0.5, 0.6) is 0 Å². The lowest BCUT2D eigenvalue weighted by molar-refractivity contribution is -0.138. The van der Waals surface area contributed by atoms with Crippen molar-refractivity contribution in [1.82, 2.24) is 10.6 Å². The fourth-order valence-corrected chi connectivity index (χ4v) is 2.20. The van der Waals surface area contributed by atoms with Gasteiger partial charge in [-0.05, 0) is 31.6 Å². The van der Waals surface area contributed by atoms with Gasteiger partial charge in [0.05, 0.1) is 0 Å². The number of rotatable bonds is 11. The predicted molar refractivity (Wildman–Crippen MR) is 81.6 cm³/mol. The standard InChI is InChI=1S/C15H26N2O6/c1-9(2)8-10(13(19)16-6-4-3-5-7-18)17-14(20)11-12(23-11)15(21)22/h9-12,18H,3-8H2,1-2H3,(H,16,19)(H,17,20)(H,21,22)/t10-,11+,12+/m1/s1. The fourth-order valence-electron chi connectivity index (χ4n) is 2.20. The smallest absolute Gasteiger partial charge is 0.336 e. The normalized spacial score (nSPS) is 20.9. The summed E-state index contributed by atoms with van der Waals surface area (Å²) in [5.74, 6) is -1.85. The van der Waals surface area contributed by atoms with Crippen LogP contribution in [0.25, 0.3) is 0 Å². The van der Waals surface area contributed by atoms with Gasteiger partial charge in [-0.3, -0.25) is 9.59 Å². The highest BCUT2D eigenvalue weighted by atomic mass is 16.6. The molecule has 8 heteroatoms. The van der Waals surface area contributed by atoms with E-state index in [1.165, 1.54) is 0 Å². The minimum absolute atomic E-state index is 0.131. The van der Waals surface area contributed by atoms with Crippen molar-refractivity contribution in [2.24, 2.45) is 5.92 Å². The van der Waals surface area contributed by atoms with Gasteiger partial charge in [0.15, 0.2) is 12.2 Å². The Kier molecular flexibility index (Phi) is 7.97. The lowest BCUT2D eigenvalue weighted by Crippen LogP contribution is -2.49. The molecule has 0 aromatic rings. The minimum atomic E-state index is -1.18. The second-order valence-corrected chi connectivity index (χ2v) is 6.08. The van der Waals surface area contributed by atoms with Crippen LogP contribution in [-0.2, 0) is 19.1 Å². The number of hydrogen-bond acceptors (Lipinski definition) is 5. The third-order valence-corrected chi connectivity index (χ3v) is 3.47. The Hall–Kier alpha value is -1.67. The molecular formula is C15H26N2O6. The molecule has 1 heterocycles. The van der Waals surface area contributed by atoms with Crippen molar-refractivity contribution < 1.29 is 29.3 Å². The van der Waals surface area contributed by atoms with E-state index in [1.54, 1.807) is 0 Å². The Morgan fingerprint density at radius 3 is 2.35 bits per heavy atom. The van der Waals surface area contributed by atoms with Crippen molar-refractivity contribution in [2.45, 2.75) is 57.8 Å². The van der Waals surface area contributed by atoms with Crippen molar-refractivity contribution in [3.05, 3.63) is 0 Å². The number of carbonyl (C=O) groups excluding carboxylic acids is 2. The molecule has 8 nitrogen and oxygen atoms in total. The number of hydrogen-bond donors (Lipinski definition) is 4. The number of nitrogens with one attached hydrogen (secondary N) is 2. The summed E-state index contributed by atoms with van der Waals surface area (Å²) in [6.45, 7) is 4.47. The van der Waals surface area contributed by atoms with Crippen LogP contribution in [0.3, 0.4) is 0 Å². The Morgan fingerprint density at radius 1 is 1.13 bits per heavy atom. The zero-order valence-corrected chi connectivity index (χ0v) is 13.6. The molecule has 0 bridgehead atoms. The predicted octanol–water partition coefficient (Wildman–Crippen LogP) is -0.352. The molecule has 1 rings (SSSR count). The molecule has 2 amide bonds. The molecule has 4 N–H and O–H groups in total. The van der Waals surface area contributed by atoms with Crippen molar-refractivity contribution in [3.8, 4) is 0 Å². The van der Waals surface area contributed by atoms with Crippen LogP contribution in [0.1, 0.15) is 39.5 Å². The van der Waals surface area contributed by atoms with E-state index in [4.69, 9.17) is 14.9 Å². The zero-order valence-electron chi connectivity index (χ0n) is 13.6. The lowest BCUT2D eigenvalue weighted by Gasteiger charge is -2.19. The van der Waals surface area contributed by atoms with Crippen molar-refractivity contribution >= 4 is 17.8 Å². The first-order valence-corrected chi connectivity index (χ1v) is 7.94. The van der Waals surface area contributed by atoms with E-state index in [0.29, 0.717) is 19.4 Å². The molecule has 1 aliphatic heterocycles. The first-order valence-electron chi connectivity index (χ1n) is 7.94. The van der Waals surface area contributed by atoms with E-state index in [0.717, 1.165) is 12.8 Å². The summed E-state index contributed by atoms with van der Waals surface area (Å²) < 4.78 is 4.78. The summed E-state index contributed by atoms with van der Waals surface area (Å²) >= 11 is 0.